The predicted octanol–water partition coefficient (Wildman–Crippen LogP) is 2.99. The Labute approximate surface area is 87.3 Å². The Bertz CT molecular complexity index is 310. The topological polar surface area (TPSA) is 26.3 Å². The molecule has 1 aromatic heterocycles. The van der Waals surface area contributed by atoms with E-state index in [1.54, 1.807) is 6.07 Å². The second-order valence-corrected chi connectivity index (χ2v) is 5.10. The molecule has 0 aliphatic rings. The molecule has 0 spiro atoms. The number of carbonyl (C=O) groups excluding carboxylic acids is 1. The number of thiophene rings is 1. The summed E-state index contributed by atoms with van der Waals surface area (Å²) in [6, 6.07) is 1.71. The molecule has 0 N–H and O–H groups in total. The van der Waals surface area contributed by atoms with E-state index in [9.17, 15) is 4.79 Å². The van der Waals surface area contributed by atoms with Gasteiger partial charge in [0.25, 0.3) is 0 Å². The van der Waals surface area contributed by atoms with Crippen molar-refractivity contribution in [2.24, 2.45) is 0 Å². The summed E-state index contributed by atoms with van der Waals surface area (Å²) in [6.07, 6.45) is 0. The number of hydrogen-bond donors (Lipinski definition) is 1. The Morgan fingerprint density at radius 3 is 2.54 bits per heavy atom. The second kappa shape index (κ2) is 3.72. The summed E-state index contributed by atoms with van der Waals surface area (Å²) in [5, 5.41) is 1.81. The highest BCUT2D eigenvalue weighted by molar-refractivity contribution is 7.80. The van der Waals surface area contributed by atoms with Crippen LogP contribution >= 0.6 is 24.0 Å². The zero-order chi connectivity index (χ0) is 10.1. The molecular formula is C9H12O2S2. The van der Waals surface area contributed by atoms with Crippen LogP contribution in [-0.4, -0.2) is 11.6 Å². The van der Waals surface area contributed by atoms with Gasteiger partial charge in [0, 0.05) is 10.3 Å². The molecule has 13 heavy (non-hydrogen) atoms. The third-order valence-corrected chi connectivity index (χ3v) is 2.53. The third kappa shape index (κ3) is 3.40. The van der Waals surface area contributed by atoms with Crippen LogP contribution in [0.1, 0.15) is 30.4 Å². The minimum atomic E-state index is -0.433. The number of thiol groups is 1. The van der Waals surface area contributed by atoms with E-state index < -0.39 is 5.60 Å². The van der Waals surface area contributed by atoms with Gasteiger partial charge in [0.15, 0.2) is 0 Å². The van der Waals surface area contributed by atoms with E-state index in [0.29, 0.717) is 4.88 Å². The maximum Gasteiger partial charge on any atom is 0.348 e. The predicted molar refractivity (Wildman–Crippen MR) is 56.7 cm³/mol. The Balaban J connectivity index is 2.70. The van der Waals surface area contributed by atoms with E-state index in [0.717, 1.165) is 4.90 Å². The van der Waals surface area contributed by atoms with E-state index in [1.165, 1.54) is 11.3 Å². The van der Waals surface area contributed by atoms with Gasteiger partial charge in [0.2, 0.25) is 0 Å². The molecule has 1 heterocycles. The molecule has 72 valence electrons. The molecule has 0 atom stereocenters. The molecule has 0 amide bonds. The third-order valence-electron chi connectivity index (χ3n) is 1.19. The highest BCUT2D eigenvalue weighted by Crippen LogP contribution is 2.20. The molecular weight excluding hydrogens is 204 g/mol. The highest BCUT2D eigenvalue weighted by atomic mass is 32.1. The van der Waals surface area contributed by atoms with Crippen molar-refractivity contribution in [1.82, 2.24) is 0 Å². The Hall–Kier alpha value is -0.480. The highest BCUT2D eigenvalue weighted by Gasteiger charge is 2.18. The second-order valence-electron chi connectivity index (χ2n) is 3.67. The van der Waals surface area contributed by atoms with E-state index >= 15 is 0 Å². The molecule has 0 saturated heterocycles. The van der Waals surface area contributed by atoms with Crippen molar-refractivity contribution in [2.75, 3.05) is 0 Å². The largest absolute Gasteiger partial charge is 0.456 e. The van der Waals surface area contributed by atoms with Crippen LogP contribution in [-0.2, 0) is 4.74 Å². The van der Waals surface area contributed by atoms with Crippen molar-refractivity contribution in [1.29, 1.82) is 0 Å². The first-order chi connectivity index (χ1) is 5.88. The number of hydrogen-bond acceptors (Lipinski definition) is 4. The lowest BCUT2D eigenvalue weighted by atomic mass is 10.2. The van der Waals surface area contributed by atoms with Gasteiger partial charge in [-0.15, -0.1) is 24.0 Å². The van der Waals surface area contributed by atoms with Gasteiger partial charge in [0.05, 0.1) is 0 Å². The quantitative estimate of drug-likeness (QED) is 0.577. The number of rotatable bonds is 1. The molecule has 0 fully saturated rings. The van der Waals surface area contributed by atoms with Crippen LogP contribution in [0.5, 0.6) is 0 Å². The van der Waals surface area contributed by atoms with Gasteiger partial charge in [-0.3, -0.25) is 0 Å². The monoisotopic (exact) mass is 216 g/mol. The van der Waals surface area contributed by atoms with Crippen molar-refractivity contribution < 1.29 is 9.53 Å². The average molecular weight is 216 g/mol. The summed E-state index contributed by atoms with van der Waals surface area (Å²) in [5.74, 6) is -0.280. The smallest absolute Gasteiger partial charge is 0.348 e. The molecule has 4 heteroatoms. The van der Waals surface area contributed by atoms with E-state index in [1.807, 2.05) is 26.2 Å². The molecule has 1 rings (SSSR count). The SMILES string of the molecule is CC(C)(C)OC(=O)c1cc(S)cs1. The molecule has 0 unspecified atom stereocenters. The maximum atomic E-state index is 11.4. The average Bonchev–Trinajstić information content (AvgIpc) is 2.31. The lowest BCUT2D eigenvalue weighted by Crippen LogP contribution is -2.23. The van der Waals surface area contributed by atoms with E-state index in [4.69, 9.17) is 4.74 Å². The molecule has 0 aliphatic carbocycles. The zero-order valence-electron chi connectivity index (χ0n) is 7.83. The minimum Gasteiger partial charge on any atom is -0.456 e. The molecule has 0 saturated carbocycles. The van der Waals surface area contributed by atoms with Crippen LogP contribution in [0.4, 0.5) is 0 Å². The van der Waals surface area contributed by atoms with Crippen LogP contribution in [0.3, 0.4) is 0 Å². The van der Waals surface area contributed by atoms with Crippen molar-refractivity contribution in [2.45, 2.75) is 31.3 Å². The van der Waals surface area contributed by atoms with Gasteiger partial charge in [-0.05, 0) is 26.8 Å². The minimum absolute atomic E-state index is 0.280. The summed E-state index contributed by atoms with van der Waals surface area (Å²) in [5.41, 5.74) is -0.433. The van der Waals surface area contributed by atoms with Crippen molar-refractivity contribution in [3.8, 4) is 0 Å². The first-order valence-corrected chi connectivity index (χ1v) is 5.22. The molecule has 2 nitrogen and oxygen atoms in total. The van der Waals surface area contributed by atoms with Crippen LogP contribution in [0.15, 0.2) is 16.3 Å². The van der Waals surface area contributed by atoms with Crippen LogP contribution in [0, 0.1) is 0 Å². The standard InChI is InChI=1S/C9H12O2S2/c1-9(2,3)11-8(10)7-4-6(12)5-13-7/h4-5,12H,1-3H3. The fraction of sp³-hybridized carbons (Fsp3) is 0.444. The van der Waals surface area contributed by atoms with E-state index in [-0.39, 0.29) is 5.97 Å². The Kier molecular flexibility index (Phi) is 3.03. The van der Waals surface area contributed by atoms with Crippen molar-refractivity contribution >= 4 is 29.9 Å². The van der Waals surface area contributed by atoms with Gasteiger partial charge >= 0.3 is 5.97 Å². The summed E-state index contributed by atoms with van der Waals surface area (Å²) in [7, 11) is 0. The van der Waals surface area contributed by atoms with Gasteiger partial charge in [-0.2, -0.15) is 0 Å². The van der Waals surface area contributed by atoms with Crippen LogP contribution in [0.2, 0.25) is 0 Å². The molecule has 0 bridgehead atoms. The molecule has 0 aliphatic heterocycles. The zero-order valence-corrected chi connectivity index (χ0v) is 9.54. The summed E-state index contributed by atoms with van der Waals surface area (Å²) in [6.45, 7) is 5.54. The molecule has 0 radical (unpaired) electrons. The van der Waals surface area contributed by atoms with Gasteiger partial charge in [-0.1, -0.05) is 0 Å². The summed E-state index contributed by atoms with van der Waals surface area (Å²) in [4.78, 5) is 12.8. The van der Waals surface area contributed by atoms with Crippen molar-refractivity contribution in [3.05, 3.63) is 16.3 Å². The lowest BCUT2D eigenvalue weighted by Gasteiger charge is -2.18. The molecule has 0 aromatic carbocycles. The van der Waals surface area contributed by atoms with Gasteiger partial charge in [-0.25, -0.2) is 4.79 Å². The van der Waals surface area contributed by atoms with Gasteiger partial charge in [0.1, 0.15) is 10.5 Å². The Morgan fingerprint density at radius 1 is 1.54 bits per heavy atom. The normalized spacial score (nSPS) is 11.4. The number of ether oxygens (including phenoxy) is 1. The molecule has 1 aromatic rings. The summed E-state index contributed by atoms with van der Waals surface area (Å²) >= 11 is 5.46. The number of esters is 1. The van der Waals surface area contributed by atoms with Crippen molar-refractivity contribution in [3.63, 3.8) is 0 Å². The maximum absolute atomic E-state index is 11.4. The Morgan fingerprint density at radius 2 is 2.15 bits per heavy atom. The van der Waals surface area contributed by atoms with Gasteiger partial charge < -0.3 is 4.74 Å². The number of carbonyl (C=O) groups is 1. The lowest BCUT2D eigenvalue weighted by molar-refractivity contribution is 0.00751. The van der Waals surface area contributed by atoms with Crippen LogP contribution < -0.4 is 0 Å². The fourth-order valence-corrected chi connectivity index (χ4v) is 1.78. The summed E-state index contributed by atoms with van der Waals surface area (Å²) < 4.78 is 5.17. The van der Waals surface area contributed by atoms with Crippen LogP contribution in [0.25, 0.3) is 0 Å². The van der Waals surface area contributed by atoms with E-state index in [2.05, 4.69) is 12.6 Å². The first kappa shape index (κ1) is 10.6. The fourth-order valence-electron chi connectivity index (χ4n) is 0.762. The first-order valence-electron chi connectivity index (χ1n) is 3.89.